The number of hydrogen-bond donors (Lipinski definition) is 1. The molecule has 5 nitrogen and oxygen atoms in total. The average Bonchev–Trinajstić information content (AvgIpc) is 2.73. The number of rotatable bonds is 7. The number of morpholine rings is 1. The molecule has 2 aromatic rings. The number of aryl methyl sites for hydroxylation is 1. The second-order valence-electron chi connectivity index (χ2n) is 6.74. The number of nitriles is 1. The number of nitrogens with zero attached hydrogens (tertiary/aromatic N) is 2. The van der Waals surface area contributed by atoms with Crippen molar-refractivity contribution in [1.29, 1.82) is 5.26 Å². The van der Waals surface area contributed by atoms with E-state index in [4.69, 9.17) is 10.00 Å². The summed E-state index contributed by atoms with van der Waals surface area (Å²) < 4.78 is 5.41. The van der Waals surface area contributed by atoms with Crippen LogP contribution in [-0.4, -0.2) is 37.1 Å². The Kier molecular flexibility index (Phi) is 6.97. The van der Waals surface area contributed by atoms with Crippen LogP contribution in [0, 0.1) is 11.3 Å². The van der Waals surface area contributed by atoms with Gasteiger partial charge in [-0.2, -0.15) is 5.26 Å². The van der Waals surface area contributed by atoms with E-state index in [-0.39, 0.29) is 5.91 Å². The Morgan fingerprint density at radius 3 is 2.48 bits per heavy atom. The van der Waals surface area contributed by atoms with Crippen molar-refractivity contribution in [3.8, 4) is 6.07 Å². The van der Waals surface area contributed by atoms with Gasteiger partial charge in [-0.05, 0) is 35.2 Å². The summed E-state index contributed by atoms with van der Waals surface area (Å²) in [4.78, 5) is 14.6. The normalized spacial score (nSPS) is 14.5. The smallest absolute Gasteiger partial charge is 0.220 e. The van der Waals surface area contributed by atoms with Gasteiger partial charge in [0.15, 0.2) is 0 Å². The Hall–Kier alpha value is -2.68. The van der Waals surface area contributed by atoms with Crippen molar-refractivity contribution in [2.24, 2.45) is 0 Å². The molecule has 0 aromatic heterocycles. The van der Waals surface area contributed by atoms with Gasteiger partial charge in [0.2, 0.25) is 5.91 Å². The lowest BCUT2D eigenvalue weighted by molar-refractivity contribution is -0.121. The molecule has 5 heteroatoms. The van der Waals surface area contributed by atoms with Gasteiger partial charge in [0.25, 0.3) is 0 Å². The molecule has 0 unspecified atom stereocenters. The average molecular weight is 363 g/mol. The molecule has 1 N–H and O–H groups in total. The van der Waals surface area contributed by atoms with Crippen LogP contribution >= 0.6 is 0 Å². The predicted molar refractivity (Wildman–Crippen MR) is 104 cm³/mol. The van der Waals surface area contributed by atoms with Gasteiger partial charge >= 0.3 is 0 Å². The summed E-state index contributed by atoms with van der Waals surface area (Å²) in [6.45, 7) is 4.91. The summed E-state index contributed by atoms with van der Waals surface area (Å²) in [5, 5.41) is 11.9. The molecule has 0 bridgehead atoms. The van der Waals surface area contributed by atoms with Crippen LogP contribution in [0.25, 0.3) is 0 Å². The monoisotopic (exact) mass is 363 g/mol. The maximum absolute atomic E-state index is 12.2. The molecule has 27 heavy (non-hydrogen) atoms. The van der Waals surface area contributed by atoms with Crippen LogP contribution in [0.1, 0.15) is 28.7 Å². The minimum atomic E-state index is 0.0422. The Balaban J connectivity index is 1.48. The quantitative estimate of drug-likeness (QED) is 0.821. The first-order chi connectivity index (χ1) is 13.2. The van der Waals surface area contributed by atoms with E-state index in [0.29, 0.717) is 24.9 Å². The van der Waals surface area contributed by atoms with E-state index < -0.39 is 0 Å². The van der Waals surface area contributed by atoms with Crippen LogP contribution in [0.4, 0.5) is 0 Å². The molecule has 0 radical (unpaired) electrons. The summed E-state index contributed by atoms with van der Waals surface area (Å²) in [7, 11) is 0. The van der Waals surface area contributed by atoms with Crippen molar-refractivity contribution in [3.63, 3.8) is 0 Å². The Morgan fingerprint density at radius 2 is 1.78 bits per heavy atom. The van der Waals surface area contributed by atoms with Gasteiger partial charge in [0, 0.05) is 32.6 Å². The molecule has 0 saturated carbocycles. The fourth-order valence-corrected chi connectivity index (χ4v) is 3.17. The minimum Gasteiger partial charge on any atom is -0.379 e. The first kappa shape index (κ1) is 19.1. The lowest BCUT2D eigenvalue weighted by atomic mass is 10.1. The van der Waals surface area contributed by atoms with Crippen LogP contribution in [0.5, 0.6) is 0 Å². The molecule has 0 spiro atoms. The molecule has 1 aliphatic rings. The van der Waals surface area contributed by atoms with Crippen molar-refractivity contribution in [1.82, 2.24) is 10.2 Å². The van der Waals surface area contributed by atoms with E-state index in [1.165, 1.54) is 5.56 Å². The van der Waals surface area contributed by atoms with Crippen molar-refractivity contribution < 1.29 is 9.53 Å². The SMILES string of the molecule is N#Cc1ccc(CCC(=O)NCc2ccccc2CN2CCOCC2)cc1. The minimum absolute atomic E-state index is 0.0422. The Morgan fingerprint density at radius 1 is 1.07 bits per heavy atom. The number of carbonyl (C=O) groups excluding carboxylic acids is 1. The zero-order valence-corrected chi connectivity index (χ0v) is 15.5. The van der Waals surface area contributed by atoms with E-state index in [1.807, 2.05) is 24.3 Å². The number of carbonyl (C=O) groups is 1. The first-order valence-electron chi connectivity index (χ1n) is 9.37. The number of benzene rings is 2. The number of nitrogens with one attached hydrogen (secondary N) is 1. The fraction of sp³-hybridized carbons (Fsp3) is 0.364. The standard InChI is InChI=1S/C22H25N3O2/c23-15-19-7-5-18(6-8-19)9-10-22(26)24-16-20-3-1-2-4-21(20)17-25-11-13-27-14-12-25/h1-8H,9-14,16-17H2,(H,24,26). The third-order valence-corrected chi connectivity index (χ3v) is 4.82. The molecule has 1 saturated heterocycles. The summed E-state index contributed by atoms with van der Waals surface area (Å²) in [6, 6.07) is 17.8. The number of amides is 1. The fourth-order valence-electron chi connectivity index (χ4n) is 3.17. The largest absolute Gasteiger partial charge is 0.379 e. The van der Waals surface area contributed by atoms with Gasteiger partial charge in [0.05, 0.1) is 24.8 Å². The molecular formula is C22H25N3O2. The van der Waals surface area contributed by atoms with Gasteiger partial charge in [-0.15, -0.1) is 0 Å². The van der Waals surface area contributed by atoms with Crippen molar-refractivity contribution >= 4 is 5.91 Å². The Labute approximate surface area is 160 Å². The lowest BCUT2D eigenvalue weighted by Gasteiger charge is -2.27. The third kappa shape index (κ3) is 5.92. The van der Waals surface area contributed by atoms with E-state index in [9.17, 15) is 4.79 Å². The molecule has 0 atom stereocenters. The molecule has 2 aromatic carbocycles. The van der Waals surface area contributed by atoms with Gasteiger partial charge in [-0.1, -0.05) is 36.4 Å². The maximum Gasteiger partial charge on any atom is 0.220 e. The van der Waals surface area contributed by atoms with Crippen molar-refractivity contribution in [3.05, 3.63) is 70.8 Å². The van der Waals surface area contributed by atoms with Crippen molar-refractivity contribution in [2.45, 2.75) is 25.9 Å². The summed E-state index contributed by atoms with van der Waals surface area (Å²) in [5.41, 5.74) is 4.12. The maximum atomic E-state index is 12.2. The molecule has 3 rings (SSSR count). The van der Waals surface area contributed by atoms with Gasteiger partial charge in [-0.3, -0.25) is 9.69 Å². The highest BCUT2D eigenvalue weighted by Gasteiger charge is 2.13. The predicted octanol–water partition coefficient (Wildman–Crippen LogP) is 2.64. The van der Waals surface area contributed by atoms with Crippen LogP contribution < -0.4 is 5.32 Å². The number of ether oxygens (including phenoxy) is 1. The Bertz CT molecular complexity index is 790. The van der Waals surface area contributed by atoms with Crippen LogP contribution in [0.2, 0.25) is 0 Å². The highest BCUT2D eigenvalue weighted by molar-refractivity contribution is 5.76. The second kappa shape index (κ2) is 9.86. The lowest BCUT2D eigenvalue weighted by Crippen LogP contribution is -2.36. The zero-order valence-electron chi connectivity index (χ0n) is 15.5. The number of hydrogen-bond acceptors (Lipinski definition) is 4. The summed E-state index contributed by atoms with van der Waals surface area (Å²) in [5.74, 6) is 0.0422. The molecule has 140 valence electrons. The van der Waals surface area contributed by atoms with Crippen LogP contribution in [0.15, 0.2) is 48.5 Å². The van der Waals surface area contributed by atoms with Crippen molar-refractivity contribution in [2.75, 3.05) is 26.3 Å². The van der Waals surface area contributed by atoms with E-state index in [0.717, 1.165) is 44.0 Å². The second-order valence-corrected chi connectivity index (χ2v) is 6.74. The van der Waals surface area contributed by atoms with E-state index >= 15 is 0 Å². The van der Waals surface area contributed by atoms with Crippen LogP contribution in [0.3, 0.4) is 0 Å². The summed E-state index contributed by atoms with van der Waals surface area (Å²) >= 11 is 0. The highest BCUT2D eigenvalue weighted by Crippen LogP contribution is 2.13. The highest BCUT2D eigenvalue weighted by atomic mass is 16.5. The molecule has 1 aliphatic heterocycles. The van der Waals surface area contributed by atoms with Gasteiger partial charge in [0.1, 0.15) is 0 Å². The third-order valence-electron chi connectivity index (χ3n) is 4.82. The molecule has 1 heterocycles. The van der Waals surface area contributed by atoms with E-state index in [1.54, 1.807) is 12.1 Å². The van der Waals surface area contributed by atoms with Gasteiger partial charge < -0.3 is 10.1 Å². The molecule has 1 fully saturated rings. The topological polar surface area (TPSA) is 65.4 Å². The zero-order chi connectivity index (χ0) is 18.9. The first-order valence-corrected chi connectivity index (χ1v) is 9.37. The molecular weight excluding hydrogens is 338 g/mol. The molecule has 0 aliphatic carbocycles. The van der Waals surface area contributed by atoms with Gasteiger partial charge in [-0.25, -0.2) is 0 Å². The summed E-state index contributed by atoms with van der Waals surface area (Å²) in [6.07, 6.45) is 1.12. The van der Waals surface area contributed by atoms with Crippen LogP contribution in [-0.2, 0) is 29.0 Å². The van der Waals surface area contributed by atoms with E-state index in [2.05, 4.69) is 28.4 Å². The molecule has 1 amide bonds.